The van der Waals surface area contributed by atoms with Crippen molar-refractivity contribution in [2.24, 2.45) is 7.05 Å². The summed E-state index contributed by atoms with van der Waals surface area (Å²) in [5.41, 5.74) is 1.38. The molecule has 36 heavy (non-hydrogen) atoms. The number of halogens is 4. The van der Waals surface area contributed by atoms with E-state index in [2.05, 4.69) is 32.3 Å². The number of benzene rings is 2. The number of nitrogens with one attached hydrogen (secondary N) is 1. The molecule has 0 saturated carbocycles. The van der Waals surface area contributed by atoms with Crippen molar-refractivity contribution in [1.29, 1.82) is 0 Å². The van der Waals surface area contributed by atoms with Crippen molar-refractivity contribution < 1.29 is 17.6 Å². The van der Waals surface area contributed by atoms with Crippen LogP contribution in [0.2, 0.25) is 0 Å². The second-order valence-corrected chi connectivity index (χ2v) is 9.16. The molecule has 5 rings (SSSR count). The molecule has 6 nitrogen and oxygen atoms in total. The Bertz CT molecular complexity index is 1380. The fraction of sp³-hybridized carbons (Fsp3) is 0.346. The van der Waals surface area contributed by atoms with Crippen LogP contribution >= 0.6 is 0 Å². The molecule has 0 spiro atoms. The van der Waals surface area contributed by atoms with Crippen LogP contribution in [0, 0.1) is 5.82 Å². The molecule has 10 heteroatoms. The molecule has 1 fully saturated rings. The van der Waals surface area contributed by atoms with Crippen LogP contribution in [0.1, 0.15) is 24.8 Å². The van der Waals surface area contributed by atoms with E-state index >= 15 is 0 Å². The van der Waals surface area contributed by atoms with Gasteiger partial charge in [-0.15, -0.1) is 0 Å². The summed E-state index contributed by atoms with van der Waals surface area (Å²) in [5.74, 6) is -0.180. The zero-order valence-corrected chi connectivity index (χ0v) is 20.0. The van der Waals surface area contributed by atoms with E-state index in [-0.39, 0.29) is 5.56 Å². The van der Waals surface area contributed by atoms with Crippen LogP contribution in [-0.2, 0) is 13.2 Å². The van der Waals surface area contributed by atoms with Crippen LogP contribution < -0.4 is 5.32 Å². The van der Waals surface area contributed by atoms with Crippen molar-refractivity contribution in [2.45, 2.75) is 31.5 Å². The summed E-state index contributed by atoms with van der Waals surface area (Å²) >= 11 is 0. The molecule has 4 aromatic rings. The van der Waals surface area contributed by atoms with Crippen molar-refractivity contribution in [3.8, 4) is 22.4 Å². The Kier molecular flexibility index (Phi) is 6.38. The highest BCUT2D eigenvalue weighted by atomic mass is 19.4. The van der Waals surface area contributed by atoms with Gasteiger partial charge in [0.15, 0.2) is 5.65 Å². The number of likely N-dealkylation sites (tertiary alicyclic amines) is 1. The molecule has 2 aromatic heterocycles. The van der Waals surface area contributed by atoms with Gasteiger partial charge in [0.2, 0.25) is 5.95 Å². The van der Waals surface area contributed by atoms with E-state index in [0.29, 0.717) is 28.9 Å². The van der Waals surface area contributed by atoms with E-state index in [1.807, 2.05) is 0 Å². The zero-order chi connectivity index (χ0) is 25.4. The first-order valence-electron chi connectivity index (χ1n) is 11.8. The van der Waals surface area contributed by atoms with E-state index in [0.717, 1.165) is 48.7 Å². The number of hydrogen-bond acceptors (Lipinski definition) is 5. The Hall–Kier alpha value is -3.53. The number of fused-ring (bicyclic) bond motifs is 1. The average molecular weight is 499 g/mol. The summed E-state index contributed by atoms with van der Waals surface area (Å²) in [4.78, 5) is 11.5. The van der Waals surface area contributed by atoms with Crippen LogP contribution in [0.4, 0.5) is 23.5 Å². The number of anilines is 1. The zero-order valence-electron chi connectivity index (χ0n) is 20.0. The number of aromatic nitrogens is 4. The summed E-state index contributed by atoms with van der Waals surface area (Å²) in [6.45, 7) is 1.92. The summed E-state index contributed by atoms with van der Waals surface area (Å²) in [6.07, 6.45) is 0.637. The Morgan fingerprint density at radius 2 is 1.81 bits per heavy atom. The maximum absolute atomic E-state index is 14.3. The molecular formula is C26H26F4N6. The van der Waals surface area contributed by atoms with Gasteiger partial charge in [-0.05, 0) is 56.6 Å². The minimum absolute atomic E-state index is 0.106. The van der Waals surface area contributed by atoms with Gasteiger partial charge in [0.05, 0.1) is 10.9 Å². The number of alkyl halides is 3. The Labute approximate surface area is 206 Å². The number of hydrogen-bond donors (Lipinski definition) is 1. The molecule has 1 atom stereocenters. The Morgan fingerprint density at radius 3 is 2.50 bits per heavy atom. The quantitative estimate of drug-likeness (QED) is 0.343. The summed E-state index contributed by atoms with van der Waals surface area (Å²) in [7, 11) is 3.95. The monoisotopic (exact) mass is 498 g/mol. The number of aryl methyl sites for hydroxylation is 1. The van der Waals surface area contributed by atoms with Crippen molar-refractivity contribution in [3.05, 3.63) is 60.0 Å². The molecule has 0 bridgehead atoms. The lowest BCUT2D eigenvalue weighted by Gasteiger charge is -2.19. The van der Waals surface area contributed by atoms with Crippen LogP contribution in [0.25, 0.3) is 33.4 Å². The second kappa shape index (κ2) is 9.50. The van der Waals surface area contributed by atoms with Gasteiger partial charge in [0.1, 0.15) is 11.5 Å². The molecule has 0 radical (unpaired) electrons. The van der Waals surface area contributed by atoms with Gasteiger partial charge in [-0.3, -0.25) is 0 Å². The van der Waals surface area contributed by atoms with Gasteiger partial charge in [0, 0.05) is 37.0 Å². The topological polar surface area (TPSA) is 58.9 Å². The maximum atomic E-state index is 14.3. The van der Waals surface area contributed by atoms with E-state index < -0.39 is 17.6 Å². The average Bonchev–Trinajstić information content (AvgIpc) is 3.41. The van der Waals surface area contributed by atoms with Crippen molar-refractivity contribution >= 4 is 17.0 Å². The number of nitrogens with zero attached hydrogens (tertiary/aromatic N) is 5. The summed E-state index contributed by atoms with van der Waals surface area (Å²) in [6, 6.07) is 9.58. The third kappa shape index (κ3) is 4.77. The fourth-order valence-electron chi connectivity index (χ4n) is 4.76. The lowest BCUT2D eigenvalue weighted by atomic mass is 10.00. The van der Waals surface area contributed by atoms with Gasteiger partial charge in [-0.25, -0.2) is 14.1 Å². The van der Waals surface area contributed by atoms with Gasteiger partial charge in [-0.2, -0.15) is 23.3 Å². The SMILES string of the molecule is CN1CCCC1CCNc1ncc2c(-c3ccc(-c4cc(C(F)(F)F)ccc4F)cc3)nn(C)c2n1. The Balaban J connectivity index is 1.36. The molecule has 1 N–H and O–H groups in total. The molecule has 1 unspecified atom stereocenters. The maximum Gasteiger partial charge on any atom is 0.416 e. The van der Waals surface area contributed by atoms with Crippen molar-refractivity contribution in [1.82, 2.24) is 24.6 Å². The molecule has 1 aliphatic heterocycles. The first-order chi connectivity index (χ1) is 17.2. The van der Waals surface area contributed by atoms with Crippen LogP contribution in [-0.4, -0.2) is 50.8 Å². The molecule has 0 amide bonds. The highest BCUT2D eigenvalue weighted by Gasteiger charge is 2.31. The standard InChI is InChI=1S/C26H26F4N6/c1-35-13-3-4-19(35)11-12-31-25-32-15-21-23(34-36(2)24(21)33-25)17-7-5-16(6-8-17)20-14-18(26(28,29)30)9-10-22(20)27/h5-10,14-15,19H,3-4,11-13H2,1-2H3,(H,31,32,33). The van der Waals surface area contributed by atoms with E-state index in [4.69, 9.17) is 0 Å². The minimum atomic E-state index is -4.55. The summed E-state index contributed by atoms with van der Waals surface area (Å²) in [5, 5.41) is 8.63. The van der Waals surface area contributed by atoms with Gasteiger partial charge < -0.3 is 10.2 Å². The van der Waals surface area contributed by atoms with Crippen LogP contribution in [0.15, 0.2) is 48.7 Å². The minimum Gasteiger partial charge on any atom is -0.354 e. The van der Waals surface area contributed by atoms with Crippen molar-refractivity contribution in [3.63, 3.8) is 0 Å². The van der Waals surface area contributed by atoms with Gasteiger partial charge in [-0.1, -0.05) is 24.3 Å². The predicted octanol–water partition coefficient (Wildman–Crippen LogP) is 5.75. The molecule has 188 valence electrons. The van der Waals surface area contributed by atoms with Crippen LogP contribution in [0.5, 0.6) is 0 Å². The lowest BCUT2D eigenvalue weighted by molar-refractivity contribution is -0.137. The first-order valence-corrected chi connectivity index (χ1v) is 11.8. The van der Waals surface area contributed by atoms with Gasteiger partial charge >= 0.3 is 6.18 Å². The predicted molar refractivity (Wildman–Crippen MR) is 131 cm³/mol. The van der Waals surface area contributed by atoms with Crippen molar-refractivity contribution in [2.75, 3.05) is 25.5 Å². The molecular weight excluding hydrogens is 472 g/mol. The van der Waals surface area contributed by atoms with E-state index in [9.17, 15) is 17.6 Å². The first kappa shape index (κ1) is 24.2. The van der Waals surface area contributed by atoms with Crippen LogP contribution in [0.3, 0.4) is 0 Å². The van der Waals surface area contributed by atoms with E-state index in [1.54, 1.807) is 42.2 Å². The molecule has 1 saturated heterocycles. The summed E-state index contributed by atoms with van der Waals surface area (Å²) < 4.78 is 55.2. The largest absolute Gasteiger partial charge is 0.416 e. The third-order valence-electron chi connectivity index (χ3n) is 6.78. The fourth-order valence-corrected chi connectivity index (χ4v) is 4.76. The lowest BCUT2D eigenvalue weighted by Crippen LogP contribution is -2.27. The highest BCUT2D eigenvalue weighted by Crippen LogP contribution is 2.35. The Morgan fingerprint density at radius 1 is 1.06 bits per heavy atom. The van der Waals surface area contributed by atoms with E-state index in [1.165, 1.54) is 12.8 Å². The molecule has 3 heterocycles. The normalized spacial score (nSPS) is 16.7. The number of rotatable bonds is 6. The second-order valence-electron chi connectivity index (χ2n) is 9.16. The smallest absolute Gasteiger partial charge is 0.354 e. The molecule has 1 aliphatic rings. The van der Waals surface area contributed by atoms with Gasteiger partial charge in [0.25, 0.3) is 0 Å². The molecule has 0 aliphatic carbocycles. The highest BCUT2D eigenvalue weighted by molar-refractivity contribution is 5.91. The molecule has 2 aromatic carbocycles. The third-order valence-corrected chi connectivity index (χ3v) is 6.78.